The molecule has 1 heterocycles. The van der Waals surface area contributed by atoms with Crippen molar-refractivity contribution in [3.63, 3.8) is 0 Å². The summed E-state index contributed by atoms with van der Waals surface area (Å²) in [5, 5.41) is 7.21. The molecule has 0 aliphatic rings. The quantitative estimate of drug-likeness (QED) is 0.758. The van der Waals surface area contributed by atoms with E-state index in [1.807, 2.05) is 0 Å². The molecular formula is C11H21N3. The monoisotopic (exact) mass is 195 g/mol. The lowest BCUT2D eigenvalue weighted by Gasteiger charge is -1.99. The highest BCUT2D eigenvalue weighted by atomic mass is 15.2. The highest BCUT2D eigenvalue weighted by Crippen LogP contribution is 2.06. The molecule has 0 atom stereocenters. The number of nitrogens with zero attached hydrogens (tertiary/aromatic N) is 2. The van der Waals surface area contributed by atoms with E-state index in [0.29, 0.717) is 0 Å². The summed E-state index contributed by atoms with van der Waals surface area (Å²) in [5.74, 6) is 2.75. The molecule has 0 aliphatic heterocycles. The summed E-state index contributed by atoms with van der Waals surface area (Å²) in [5.41, 5.74) is 0. The van der Waals surface area contributed by atoms with Gasteiger partial charge in [-0.05, 0) is 18.8 Å². The molecule has 0 aromatic carbocycles. The van der Waals surface area contributed by atoms with E-state index >= 15 is 0 Å². The Morgan fingerprint density at radius 3 is 2.71 bits per heavy atom. The third kappa shape index (κ3) is 3.90. The van der Waals surface area contributed by atoms with Gasteiger partial charge in [0.2, 0.25) is 0 Å². The van der Waals surface area contributed by atoms with E-state index in [2.05, 4.69) is 36.0 Å². The van der Waals surface area contributed by atoms with Gasteiger partial charge in [-0.25, -0.2) is 4.98 Å². The Hall–Kier alpha value is -0.860. The van der Waals surface area contributed by atoms with Crippen LogP contribution in [0.1, 0.15) is 51.7 Å². The van der Waals surface area contributed by atoms with E-state index < -0.39 is 0 Å². The average Bonchev–Trinajstić information content (AvgIpc) is 2.59. The summed E-state index contributed by atoms with van der Waals surface area (Å²) in [6.45, 7) is 6.64. The number of aromatic nitrogens is 3. The number of hydrogen-bond acceptors (Lipinski definition) is 2. The first-order valence-corrected chi connectivity index (χ1v) is 5.62. The standard InChI is InChI=1S/C11H21N3/c1-4-5-6-10-12-11(14-13-10)8-7-9(2)3/h9H,4-8H2,1-3H3,(H,12,13,14). The SMILES string of the molecule is CCCCc1nc(CCC(C)C)n[nH]1. The molecule has 0 unspecified atom stereocenters. The largest absolute Gasteiger partial charge is 0.263 e. The number of aromatic amines is 1. The molecule has 14 heavy (non-hydrogen) atoms. The molecular weight excluding hydrogens is 174 g/mol. The number of nitrogens with one attached hydrogen (secondary N) is 1. The third-order valence-corrected chi connectivity index (χ3v) is 2.29. The second-order valence-corrected chi connectivity index (χ2v) is 4.23. The average molecular weight is 195 g/mol. The van der Waals surface area contributed by atoms with Crippen LogP contribution in [0.3, 0.4) is 0 Å². The van der Waals surface area contributed by atoms with E-state index in [0.717, 1.165) is 30.4 Å². The Morgan fingerprint density at radius 1 is 1.29 bits per heavy atom. The fourth-order valence-electron chi connectivity index (χ4n) is 1.32. The zero-order valence-corrected chi connectivity index (χ0v) is 9.51. The lowest BCUT2D eigenvalue weighted by molar-refractivity contribution is 0.575. The Labute approximate surface area is 86.3 Å². The van der Waals surface area contributed by atoms with Crippen LogP contribution >= 0.6 is 0 Å². The highest BCUT2D eigenvalue weighted by molar-refractivity contribution is 4.90. The molecule has 1 aromatic heterocycles. The van der Waals surface area contributed by atoms with Crippen LogP contribution in [0.25, 0.3) is 0 Å². The number of hydrogen-bond donors (Lipinski definition) is 1. The fraction of sp³-hybridized carbons (Fsp3) is 0.818. The van der Waals surface area contributed by atoms with Gasteiger partial charge in [0, 0.05) is 12.8 Å². The van der Waals surface area contributed by atoms with Gasteiger partial charge in [0.15, 0.2) is 5.82 Å². The summed E-state index contributed by atoms with van der Waals surface area (Å²) >= 11 is 0. The second kappa shape index (κ2) is 5.78. The van der Waals surface area contributed by atoms with Crippen LogP contribution in [0.5, 0.6) is 0 Å². The van der Waals surface area contributed by atoms with Gasteiger partial charge in [0.25, 0.3) is 0 Å². The number of rotatable bonds is 6. The number of aryl methyl sites for hydroxylation is 2. The Morgan fingerprint density at radius 2 is 2.07 bits per heavy atom. The topological polar surface area (TPSA) is 41.6 Å². The van der Waals surface area contributed by atoms with Crippen molar-refractivity contribution >= 4 is 0 Å². The number of H-pyrrole nitrogens is 1. The van der Waals surface area contributed by atoms with Crippen LogP contribution in [0, 0.1) is 5.92 Å². The molecule has 1 aromatic rings. The van der Waals surface area contributed by atoms with Crippen molar-refractivity contribution in [1.29, 1.82) is 0 Å². The molecule has 3 heteroatoms. The lowest BCUT2D eigenvalue weighted by Crippen LogP contribution is -1.94. The summed E-state index contributed by atoms with van der Waals surface area (Å²) < 4.78 is 0. The number of unbranched alkanes of at least 4 members (excludes halogenated alkanes) is 1. The summed E-state index contributed by atoms with van der Waals surface area (Å²) in [6, 6.07) is 0. The highest BCUT2D eigenvalue weighted by Gasteiger charge is 2.03. The molecule has 0 fully saturated rings. The van der Waals surface area contributed by atoms with Gasteiger partial charge in [-0.2, -0.15) is 5.10 Å². The molecule has 0 saturated carbocycles. The molecule has 0 saturated heterocycles. The van der Waals surface area contributed by atoms with E-state index in [9.17, 15) is 0 Å². The van der Waals surface area contributed by atoms with Crippen LogP contribution in [0.15, 0.2) is 0 Å². The minimum atomic E-state index is 0.729. The van der Waals surface area contributed by atoms with E-state index in [1.165, 1.54) is 19.3 Å². The first kappa shape index (κ1) is 11.2. The zero-order chi connectivity index (χ0) is 10.4. The second-order valence-electron chi connectivity index (χ2n) is 4.23. The summed E-state index contributed by atoms with van der Waals surface area (Å²) in [6.07, 6.45) is 5.61. The van der Waals surface area contributed by atoms with E-state index in [1.54, 1.807) is 0 Å². The van der Waals surface area contributed by atoms with Crippen molar-refractivity contribution in [3.05, 3.63) is 11.6 Å². The van der Waals surface area contributed by atoms with Gasteiger partial charge >= 0.3 is 0 Å². The van der Waals surface area contributed by atoms with Crippen molar-refractivity contribution in [2.45, 2.75) is 52.9 Å². The van der Waals surface area contributed by atoms with Gasteiger partial charge in [-0.15, -0.1) is 0 Å². The van der Waals surface area contributed by atoms with E-state index in [-0.39, 0.29) is 0 Å². The van der Waals surface area contributed by atoms with Crippen molar-refractivity contribution in [2.24, 2.45) is 5.92 Å². The third-order valence-electron chi connectivity index (χ3n) is 2.29. The van der Waals surface area contributed by atoms with Crippen LogP contribution in [-0.4, -0.2) is 15.2 Å². The minimum absolute atomic E-state index is 0.729. The molecule has 0 amide bonds. The first-order valence-electron chi connectivity index (χ1n) is 5.62. The van der Waals surface area contributed by atoms with Gasteiger partial charge in [0.1, 0.15) is 5.82 Å². The summed E-state index contributed by atoms with van der Waals surface area (Å²) in [4.78, 5) is 4.45. The van der Waals surface area contributed by atoms with Gasteiger partial charge in [0.05, 0.1) is 0 Å². The maximum absolute atomic E-state index is 4.45. The minimum Gasteiger partial charge on any atom is -0.263 e. The molecule has 80 valence electrons. The molecule has 0 bridgehead atoms. The molecule has 3 nitrogen and oxygen atoms in total. The van der Waals surface area contributed by atoms with Gasteiger partial charge < -0.3 is 0 Å². The van der Waals surface area contributed by atoms with Crippen LogP contribution in [0.4, 0.5) is 0 Å². The zero-order valence-electron chi connectivity index (χ0n) is 9.51. The molecule has 0 radical (unpaired) electrons. The predicted molar refractivity (Wildman–Crippen MR) is 58.2 cm³/mol. The van der Waals surface area contributed by atoms with Crippen LogP contribution in [0.2, 0.25) is 0 Å². The maximum Gasteiger partial charge on any atom is 0.150 e. The molecule has 0 spiro atoms. The molecule has 0 aliphatic carbocycles. The van der Waals surface area contributed by atoms with E-state index in [4.69, 9.17) is 0 Å². The Kier molecular flexibility index (Phi) is 4.63. The molecule has 1 rings (SSSR count). The van der Waals surface area contributed by atoms with Crippen molar-refractivity contribution < 1.29 is 0 Å². The van der Waals surface area contributed by atoms with Crippen molar-refractivity contribution in [1.82, 2.24) is 15.2 Å². The first-order chi connectivity index (χ1) is 6.72. The normalized spacial score (nSPS) is 11.1. The lowest BCUT2D eigenvalue weighted by atomic mass is 10.1. The molecule has 1 N–H and O–H groups in total. The van der Waals surface area contributed by atoms with Gasteiger partial charge in [-0.1, -0.05) is 27.2 Å². The fourth-order valence-corrected chi connectivity index (χ4v) is 1.32. The predicted octanol–water partition coefficient (Wildman–Crippen LogP) is 2.74. The smallest absolute Gasteiger partial charge is 0.150 e. The Balaban J connectivity index is 2.35. The maximum atomic E-state index is 4.45. The van der Waals surface area contributed by atoms with Crippen LogP contribution in [-0.2, 0) is 12.8 Å². The Bertz CT molecular complexity index is 253. The van der Waals surface area contributed by atoms with Crippen molar-refractivity contribution in [2.75, 3.05) is 0 Å². The van der Waals surface area contributed by atoms with Gasteiger partial charge in [-0.3, -0.25) is 5.10 Å². The van der Waals surface area contributed by atoms with Crippen LogP contribution < -0.4 is 0 Å². The van der Waals surface area contributed by atoms with Crippen molar-refractivity contribution in [3.8, 4) is 0 Å². The summed E-state index contributed by atoms with van der Waals surface area (Å²) in [7, 11) is 0.